The molecule has 31 heavy (non-hydrogen) atoms. The Kier molecular flexibility index (Phi) is 7.58. The Morgan fingerprint density at radius 2 is 1.84 bits per heavy atom. The van der Waals surface area contributed by atoms with Crippen molar-refractivity contribution in [1.82, 2.24) is 4.98 Å². The number of hydrogen-bond donors (Lipinski definition) is 1. The largest absolute Gasteiger partial charge is 0.495 e. The number of amides is 1. The molecule has 0 spiro atoms. The highest BCUT2D eigenvalue weighted by Gasteiger charge is 2.14. The van der Waals surface area contributed by atoms with E-state index in [1.54, 1.807) is 18.3 Å². The first-order valence-electron chi connectivity index (χ1n) is 10.1. The Morgan fingerprint density at radius 3 is 2.48 bits per heavy atom. The predicted octanol–water partition coefficient (Wildman–Crippen LogP) is 5.78. The number of halogens is 1. The van der Waals surface area contributed by atoms with Crippen LogP contribution in [0.3, 0.4) is 0 Å². The lowest BCUT2D eigenvalue weighted by atomic mass is 10.0. The van der Waals surface area contributed by atoms with Crippen molar-refractivity contribution in [3.8, 4) is 22.8 Å². The van der Waals surface area contributed by atoms with Crippen molar-refractivity contribution in [3.63, 3.8) is 0 Å². The van der Waals surface area contributed by atoms with Crippen LogP contribution in [-0.4, -0.2) is 25.1 Å². The zero-order chi connectivity index (χ0) is 22.4. The number of ether oxygens (including phenoxy) is 2. The van der Waals surface area contributed by atoms with E-state index < -0.39 is 0 Å². The zero-order valence-corrected chi connectivity index (χ0v) is 19.0. The number of methoxy groups -OCH3 is 2. The van der Waals surface area contributed by atoms with Crippen molar-refractivity contribution in [3.05, 3.63) is 59.1 Å². The summed E-state index contributed by atoms with van der Waals surface area (Å²) in [5.74, 6) is 2.56. The van der Waals surface area contributed by atoms with Crippen molar-refractivity contribution in [1.29, 1.82) is 0 Å². The first kappa shape index (κ1) is 22.7. The number of anilines is 1. The number of aromatic nitrogens is 1. The van der Waals surface area contributed by atoms with Crippen LogP contribution >= 0.6 is 11.6 Å². The number of hydrogen-bond acceptors (Lipinski definition) is 5. The molecule has 1 heterocycles. The Bertz CT molecular complexity index is 1030. The van der Waals surface area contributed by atoms with Crippen LogP contribution in [0.1, 0.15) is 31.7 Å². The van der Waals surface area contributed by atoms with Gasteiger partial charge in [0.15, 0.2) is 11.7 Å². The summed E-state index contributed by atoms with van der Waals surface area (Å²) in [5, 5.41) is 3.20. The average molecular weight is 443 g/mol. The monoisotopic (exact) mass is 442 g/mol. The lowest BCUT2D eigenvalue weighted by molar-refractivity contribution is -0.116. The van der Waals surface area contributed by atoms with Crippen molar-refractivity contribution in [2.75, 3.05) is 19.5 Å². The third-order valence-corrected chi connectivity index (χ3v) is 5.05. The summed E-state index contributed by atoms with van der Waals surface area (Å²) in [6, 6.07) is 11.5. The molecule has 6 nitrogen and oxygen atoms in total. The third kappa shape index (κ3) is 6.01. The molecule has 0 radical (unpaired) electrons. The first-order valence-corrected chi connectivity index (χ1v) is 10.5. The molecule has 0 aliphatic carbocycles. The van der Waals surface area contributed by atoms with Crippen molar-refractivity contribution < 1.29 is 18.7 Å². The van der Waals surface area contributed by atoms with Gasteiger partial charge in [0, 0.05) is 24.5 Å². The molecule has 1 N–H and O–H groups in total. The molecule has 0 atom stereocenters. The highest BCUT2D eigenvalue weighted by atomic mass is 35.5. The SMILES string of the molecule is COc1cc(OC)c(NC(=O)CCc2ncc(-c3ccc(CC(C)C)cc3)o2)cc1Cl. The Hall–Kier alpha value is -2.99. The van der Waals surface area contributed by atoms with Gasteiger partial charge in [0.05, 0.1) is 31.1 Å². The fourth-order valence-electron chi connectivity index (χ4n) is 3.23. The molecule has 2 aromatic carbocycles. The summed E-state index contributed by atoms with van der Waals surface area (Å²) in [5.41, 5.74) is 2.74. The molecule has 3 aromatic rings. The molecule has 0 saturated carbocycles. The molecular formula is C24H27ClN2O4. The standard InChI is InChI=1S/C24H27ClN2O4/c1-15(2)11-16-5-7-17(8-6-16)22-14-26-24(31-22)10-9-23(28)27-19-12-18(25)20(29-3)13-21(19)30-4/h5-8,12-15H,9-11H2,1-4H3,(H,27,28). The summed E-state index contributed by atoms with van der Waals surface area (Å²) >= 11 is 6.15. The molecule has 0 fully saturated rings. The van der Waals surface area contributed by atoms with Gasteiger partial charge < -0.3 is 19.2 Å². The smallest absolute Gasteiger partial charge is 0.224 e. The molecule has 7 heteroatoms. The number of nitrogens with one attached hydrogen (secondary N) is 1. The Balaban J connectivity index is 1.59. The predicted molar refractivity (Wildman–Crippen MR) is 122 cm³/mol. The maximum atomic E-state index is 12.4. The van der Waals surface area contributed by atoms with Crippen molar-refractivity contribution in [2.45, 2.75) is 33.1 Å². The molecule has 1 aromatic heterocycles. The van der Waals surface area contributed by atoms with Gasteiger partial charge >= 0.3 is 0 Å². The first-order chi connectivity index (χ1) is 14.9. The second kappa shape index (κ2) is 10.4. The van der Waals surface area contributed by atoms with E-state index >= 15 is 0 Å². The van der Waals surface area contributed by atoms with E-state index in [-0.39, 0.29) is 12.3 Å². The topological polar surface area (TPSA) is 73.6 Å². The summed E-state index contributed by atoms with van der Waals surface area (Å²) in [7, 11) is 3.03. The van der Waals surface area contributed by atoms with Gasteiger partial charge in [-0.15, -0.1) is 0 Å². The van der Waals surface area contributed by atoms with Gasteiger partial charge in [0.1, 0.15) is 11.5 Å². The number of rotatable bonds is 9. The fourth-order valence-corrected chi connectivity index (χ4v) is 3.47. The minimum atomic E-state index is -0.197. The molecule has 0 aliphatic heterocycles. The highest BCUT2D eigenvalue weighted by molar-refractivity contribution is 6.32. The summed E-state index contributed by atoms with van der Waals surface area (Å²) in [6.45, 7) is 4.40. The normalized spacial score (nSPS) is 10.9. The molecule has 0 saturated heterocycles. The van der Waals surface area contributed by atoms with E-state index in [1.807, 2.05) is 12.1 Å². The lowest BCUT2D eigenvalue weighted by Crippen LogP contribution is -2.13. The second-order valence-electron chi connectivity index (χ2n) is 7.65. The van der Waals surface area contributed by atoms with Gasteiger partial charge in [-0.3, -0.25) is 4.79 Å². The number of oxazole rings is 1. The maximum absolute atomic E-state index is 12.4. The molecular weight excluding hydrogens is 416 g/mol. The van der Waals surface area contributed by atoms with Crippen LogP contribution in [0.15, 0.2) is 47.0 Å². The Labute approximate surface area is 187 Å². The summed E-state index contributed by atoms with van der Waals surface area (Å²) in [6.07, 6.45) is 3.32. The van der Waals surface area contributed by atoms with Crippen LogP contribution in [0.5, 0.6) is 11.5 Å². The van der Waals surface area contributed by atoms with Crippen molar-refractivity contribution in [2.24, 2.45) is 5.92 Å². The molecule has 1 amide bonds. The number of benzene rings is 2. The summed E-state index contributed by atoms with van der Waals surface area (Å²) < 4.78 is 16.3. The Morgan fingerprint density at radius 1 is 1.13 bits per heavy atom. The second-order valence-corrected chi connectivity index (χ2v) is 8.06. The fraction of sp³-hybridized carbons (Fsp3) is 0.333. The number of nitrogens with zero attached hydrogens (tertiary/aromatic N) is 1. The van der Waals surface area contributed by atoms with Crippen LogP contribution in [0.4, 0.5) is 5.69 Å². The van der Waals surface area contributed by atoms with E-state index in [9.17, 15) is 4.79 Å². The van der Waals surface area contributed by atoms with E-state index in [0.717, 1.165) is 12.0 Å². The van der Waals surface area contributed by atoms with Gasteiger partial charge in [-0.2, -0.15) is 0 Å². The number of carbonyl (C=O) groups excluding carboxylic acids is 1. The van der Waals surface area contributed by atoms with Gasteiger partial charge in [-0.1, -0.05) is 49.7 Å². The van der Waals surface area contributed by atoms with Gasteiger partial charge in [-0.25, -0.2) is 4.98 Å². The average Bonchev–Trinajstić information content (AvgIpc) is 3.22. The van der Waals surface area contributed by atoms with Crippen LogP contribution in [-0.2, 0) is 17.6 Å². The molecule has 0 unspecified atom stereocenters. The van der Waals surface area contributed by atoms with Gasteiger partial charge in [0.2, 0.25) is 5.91 Å². The number of aryl methyl sites for hydroxylation is 1. The van der Waals surface area contributed by atoms with Crippen LogP contribution in [0.2, 0.25) is 5.02 Å². The molecule has 3 rings (SSSR count). The van der Waals surface area contributed by atoms with Crippen LogP contribution in [0.25, 0.3) is 11.3 Å². The maximum Gasteiger partial charge on any atom is 0.224 e. The number of carbonyl (C=O) groups is 1. The van der Waals surface area contributed by atoms with Gasteiger partial charge in [0.25, 0.3) is 0 Å². The lowest BCUT2D eigenvalue weighted by Gasteiger charge is -2.12. The molecule has 164 valence electrons. The summed E-state index contributed by atoms with van der Waals surface area (Å²) in [4.78, 5) is 16.7. The highest BCUT2D eigenvalue weighted by Crippen LogP contribution is 2.36. The van der Waals surface area contributed by atoms with E-state index in [1.165, 1.54) is 19.8 Å². The molecule has 0 bridgehead atoms. The third-order valence-electron chi connectivity index (χ3n) is 4.75. The minimum Gasteiger partial charge on any atom is -0.495 e. The zero-order valence-electron chi connectivity index (χ0n) is 18.2. The van der Waals surface area contributed by atoms with E-state index in [4.69, 9.17) is 25.5 Å². The minimum absolute atomic E-state index is 0.197. The van der Waals surface area contributed by atoms with Gasteiger partial charge in [-0.05, 0) is 24.0 Å². The molecule has 0 aliphatic rings. The van der Waals surface area contributed by atoms with Crippen LogP contribution in [0, 0.1) is 5.92 Å². The van der Waals surface area contributed by atoms with E-state index in [0.29, 0.717) is 46.2 Å². The quantitative estimate of drug-likeness (QED) is 0.454. The van der Waals surface area contributed by atoms with E-state index in [2.05, 4.69) is 36.3 Å². The van der Waals surface area contributed by atoms with Crippen molar-refractivity contribution >= 4 is 23.2 Å². The van der Waals surface area contributed by atoms with Crippen LogP contribution < -0.4 is 14.8 Å².